The van der Waals surface area contributed by atoms with Crippen LogP contribution in [0.25, 0.3) is 0 Å². The van der Waals surface area contributed by atoms with E-state index in [0.29, 0.717) is 19.3 Å². The topological polar surface area (TPSA) is 165 Å². The molecule has 11 atom stereocenters. The number of carbonyl (C=O) groups is 2. The number of rotatable bonds is 10. The number of fused-ring (bicyclic) bond motifs is 4. The third-order valence-corrected chi connectivity index (χ3v) is 13.6. The number of hydrogen-bond acceptors (Lipinski definition) is 8. The number of hydrogen-bond donors (Lipinski definition) is 6. The highest BCUT2D eigenvalue weighted by atomic mass is 16.6. The van der Waals surface area contributed by atoms with Crippen molar-refractivity contribution >= 4 is 11.9 Å². The largest absolute Gasteiger partial charge is 0.481 e. The summed E-state index contributed by atoms with van der Waals surface area (Å²) >= 11 is 0. The van der Waals surface area contributed by atoms with E-state index in [1.165, 1.54) is 18.1 Å². The normalized spacial score (nSPS) is 40.4. The lowest BCUT2D eigenvalue weighted by Gasteiger charge is -2.64. The van der Waals surface area contributed by atoms with Crippen molar-refractivity contribution in [2.45, 2.75) is 162 Å². The van der Waals surface area contributed by atoms with Gasteiger partial charge in [0.2, 0.25) is 0 Å². The Morgan fingerprint density at radius 2 is 1.60 bits per heavy atom. The van der Waals surface area contributed by atoms with Gasteiger partial charge in [-0.25, -0.2) is 0 Å². The van der Waals surface area contributed by atoms with Gasteiger partial charge in [0.25, 0.3) is 0 Å². The van der Waals surface area contributed by atoms with E-state index in [9.17, 15) is 35.1 Å². The Hall–Kier alpha value is -1.52. The molecule has 2 fully saturated rings. The quantitative estimate of drug-likeness (QED) is 0.147. The van der Waals surface area contributed by atoms with Crippen LogP contribution in [0.5, 0.6) is 0 Å². The third-order valence-electron chi connectivity index (χ3n) is 13.6. The zero-order chi connectivity index (χ0) is 34.1. The molecule has 45 heavy (non-hydrogen) atoms. The number of carbonyl (C=O) groups excluding carboxylic acids is 1. The number of carboxylic acid groups (broad SMARTS) is 1. The van der Waals surface area contributed by atoms with E-state index in [2.05, 4.69) is 27.7 Å². The van der Waals surface area contributed by atoms with Gasteiger partial charge in [0.15, 0.2) is 0 Å². The van der Waals surface area contributed by atoms with Crippen molar-refractivity contribution in [3.05, 3.63) is 11.1 Å². The van der Waals surface area contributed by atoms with Gasteiger partial charge >= 0.3 is 11.9 Å². The van der Waals surface area contributed by atoms with Gasteiger partial charge in [-0.2, -0.15) is 0 Å². The van der Waals surface area contributed by atoms with Gasteiger partial charge in [0.05, 0.1) is 42.4 Å². The highest BCUT2D eigenvalue weighted by molar-refractivity contribution is 5.74. The summed E-state index contributed by atoms with van der Waals surface area (Å²) < 4.78 is 5.86. The maximum atomic E-state index is 13.0. The molecule has 0 amide bonds. The first-order chi connectivity index (χ1) is 20.4. The molecule has 0 aromatic carbocycles. The van der Waals surface area contributed by atoms with Crippen LogP contribution in [0, 0.1) is 39.4 Å². The molecule has 0 radical (unpaired) electrons. The van der Waals surface area contributed by atoms with E-state index >= 15 is 0 Å². The second-order valence-electron chi connectivity index (χ2n) is 17.4. The lowest BCUT2D eigenvalue weighted by atomic mass is 9.42. The van der Waals surface area contributed by atoms with Crippen LogP contribution in [0.2, 0.25) is 0 Å². The van der Waals surface area contributed by atoms with Crippen molar-refractivity contribution in [2.75, 3.05) is 0 Å². The Labute approximate surface area is 269 Å². The van der Waals surface area contributed by atoms with E-state index in [4.69, 9.17) is 9.84 Å². The Kier molecular flexibility index (Phi) is 9.58. The number of aliphatic hydroxyl groups is 5. The number of esters is 1. The summed E-state index contributed by atoms with van der Waals surface area (Å²) in [6.45, 7) is 17.6. The van der Waals surface area contributed by atoms with Crippen LogP contribution in [-0.4, -0.2) is 78.2 Å². The van der Waals surface area contributed by atoms with Gasteiger partial charge in [0.1, 0.15) is 6.10 Å². The Bertz CT molecular complexity index is 1180. The Balaban J connectivity index is 1.64. The van der Waals surface area contributed by atoms with Gasteiger partial charge in [-0.3, -0.25) is 9.59 Å². The van der Waals surface area contributed by atoms with Crippen molar-refractivity contribution in [1.82, 2.24) is 0 Å². The fourth-order valence-corrected chi connectivity index (χ4v) is 10.7. The fraction of sp³-hybridized carbons (Fsp3) is 0.889. The Morgan fingerprint density at radius 3 is 2.18 bits per heavy atom. The summed E-state index contributed by atoms with van der Waals surface area (Å²) in [5, 5.41) is 64.0. The summed E-state index contributed by atoms with van der Waals surface area (Å²) in [4.78, 5) is 24.2. The first kappa shape index (κ1) is 36.3. The number of aliphatic carboxylic acids is 1. The molecule has 0 aromatic rings. The van der Waals surface area contributed by atoms with Crippen molar-refractivity contribution < 1.29 is 45.0 Å². The second kappa shape index (κ2) is 11.9. The van der Waals surface area contributed by atoms with Crippen LogP contribution < -0.4 is 0 Å². The minimum absolute atomic E-state index is 0.100. The highest BCUT2D eigenvalue weighted by Crippen LogP contribution is 2.72. The van der Waals surface area contributed by atoms with Crippen molar-refractivity contribution in [2.24, 2.45) is 39.4 Å². The zero-order valence-corrected chi connectivity index (χ0v) is 29.0. The van der Waals surface area contributed by atoms with E-state index in [-0.39, 0.29) is 28.6 Å². The van der Waals surface area contributed by atoms with Crippen LogP contribution in [-0.2, 0) is 14.3 Å². The van der Waals surface area contributed by atoms with E-state index < -0.39 is 71.2 Å². The SMILES string of the molecule is C[C@H](CC[C@H](O)C(C)(C)O)[C@@H]1CC[C@]2(C)C3=C(C[C@H](O)[C@]12C)[C@]1(C)C[C@H](OC(=O)C[C@](C)(O)CC(=O)O)[C@H](O)C(C)(C)[C@@H]1CC3. The van der Waals surface area contributed by atoms with Gasteiger partial charge in [0, 0.05) is 5.41 Å². The van der Waals surface area contributed by atoms with Crippen molar-refractivity contribution in [3.8, 4) is 0 Å². The van der Waals surface area contributed by atoms with Crippen LogP contribution in [0.1, 0.15) is 127 Å². The first-order valence-electron chi connectivity index (χ1n) is 17.0. The molecule has 0 aliphatic heterocycles. The van der Waals surface area contributed by atoms with Crippen molar-refractivity contribution in [1.29, 1.82) is 0 Å². The van der Waals surface area contributed by atoms with Crippen molar-refractivity contribution in [3.63, 3.8) is 0 Å². The smallest absolute Gasteiger partial charge is 0.309 e. The molecular weight excluding hydrogens is 576 g/mol. The van der Waals surface area contributed by atoms with E-state index in [0.717, 1.165) is 32.1 Å². The number of aliphatic hydroxyl groups excluding tert-OH is 3. The first-order valence-corrected chi connectivity index (χ1v) is 17.0. The molecule has 0 bridgehead atoms. The number of allylic oxidation sites excluding steroid dienone is 1. The number of carboxylic acids is 1. The molecule has 4 rings (SSSR count). The summed E-state index contributed by atoms with van der Waals surface area (Å²) in [6, 6.07) is 0. The van der Waals surface area contributed by atoms with Crippen LogP contribution in [0.4, 0.5) is 0 Å². The molecule has 0 spiro atoms. The van der Waals surface area contributed by atoms with Gasteiger partial charge in [-0.1, -0.05) is 52.7 Å². The van der Waals surface area contributed by atoms with Crippen LogP contribution in [0.3, 0.4) is 0 Å². The average Bonchev–Trinajstić information content (AvgIpc) is 3.17. The zero-order valence-electron chi connectivity index (χ0n) is 29.0. The maximum Gasteiger partial charge on any atom is 0.309 e. The van der Waals surface area contributed by atoms with Gasteiger partial charge in [-0.15, -0.1) is 0 Å². The standard InChI is InChI=1S/C36H60O9/c1-20(10-13-26(37)32(4,5)43)21-14-15-35(8)22-11-12-25-31(2,3)30(42)24(45-29(41)19-33(6,44)18-28(39)40)17-34(25,7)23(22)16-27(38)36(21,35)9/h20-21,24-27,30,37-38,42-44H,10-19H2,1-9H3,(H,39,40)/t20-,21+,24+,25+,26+,27+,30+,33-,34+,35-,36+/m1/s1. The van der Waals surface area contributed by atoms with E-state index in [1.54, 1.807) is 13.8 Å². The number of ether oxygens (including phenoxy) is 1. The summed E-state index contributed by atoms with van der Waals surface area (Å²) in [6.07, 6.45) is 1.63. The molecule has 6 N–H and O–H groups in total. The molecule has 258 valence electrons. The van der Waals surface area contributed by atoms with Crippen LogP contribution in [0.15, 0.2) is 11.1 Å². The minimum Gasteiger partial charge on any atom is -0.481 e. The Morgan fingerprint density at radius 1 is 0.978 bits per heavy atom. The molecule has 2 saturated carbocycles. The molecular formula is C36H60O9. The van der Waals surface area contributed by atoms with Gasteiger partial charge in [-0.05, 0) is 106 Å². The molecule has 0 aromatic heterocycles. The lowest BCUT2D eigenvalue weighted by Crippen LogP contribution is -2.62. The minimum atomic E-state index is -1.76. The fourth-order valence-electron chi connectivity index (χ4n) is 10.7. The molecule has 0 unspecified atom stereocenters. The van der Waals surface area contributed by atoms with Crippen LogP contribution >= 0.6 is 0 Å². The monoisotopic (exact) mass is 636 g/mol. The average molecular weight is 637 g/mol. The molecule has 0 heterocycles. The van der Waals surface area contributed by atoms with Gasteiger partial charge < -0.3 is 35.4 Å². The summed E-state index contributed by atoms with van der Waals surface area (Å²) in [5.41, 5.74) is -1.91. The molecule has 4 aliphatic carbocycles. The lowest BCUT2D eigenvalue weighted by molar-refractivity contribution is -0.193. The molecule has 9 nitrogen and oxygen atoms in total. The van der Waals surface area contributed by atoms with E-state index in [1.807, 2.05) is 13.8 Å². The predicted octanol–water partition coefficient (Wildman–Crippen LogP) is 4.75. The summed E-state index contributed by atoms with van der Waals surface area (Å²) in [7, 11) is 0. The highest BCUT2D eigenvalue weighted by Gasteiger charge is 2.67. The summed E-state index contributed by atoms with van der Waals surface area (Å²) in [5.74, 6) is -1.34. The molecule has 0 saturated heterocycles. The molecule has 4 aliphatic rings. The third kappa shape index (κ3) is 6.14. The predicted molar refractivity (Wildman–Crippen MR) is 170 cm³/mol. The maximum absolute atomic E-state index is 13.0. The molecule has 9 heteroatoms. The second-order valence-corrected chi connectivity index (χ2v) is 17.4.